The van der Waals surface area contributed by atoms with Crippen LogP contribution >= 0.6 is 0 Å². The molecule has 16 heavy (non-hydrogen) atoms. The Kier molecular flexibility index (Phi) is 3.29. The van der Waals surface area contributed by atoms with Crippen molar-refractivity contribution in [3.63, 3.8) is 0 Å². The van der Waals surface area contributed by atoms with Crippen LogP contribution in [-0.4, -0.2) is 27.8 Å². The maximum absolute atomic E-state index is 12.4. The van der Waals surface area contributed by atoms with Crippen molar-refractivity contribution in [2.24, 2.45) is 0 Å². The number of carbonyl (C=O) groups is 1. The van der Waals surface area contributed by atoms with Gasteiger partial charge in [-0.1, -0.05) is 13.3 Å². The highest BCUT2D eigenvalue weighted by Crippen LogP contribution is 2.28. The highest BCUT2D eigenvalue weighted by Gasteiger charge is 2.40. The van der Waals surface area contributed by atoms with Crippen molar-refractivity contribution in [1.29, 1.82) is 0 Å². The Bertz CT molecular complexity index is 358. The third-order valence-corrected chi connectivity index (χ3v) is 3.18. The number of ketones is 1. The molecule has 2 heterocycles. The molecule has 1 saturated heterocycles. The topological polar surface area (TPSA) is 54.9 Å². The summed E-state index contributed by atoms with van der Waals surface area (Å²) in [7, 11) is 0. The maximum atomic E-state index is 12.4. The summed E-state index contributed by atoms with van der Waals surface area (Å²) < 4.78 is 0. The first kappa shape index (κ1) is 11.2. The van der Waals surface area contributed by atoms with Gasteiger partial charge in [0.1, 0.15) is 6.33 Å². The molecule has 1 aliphatic heterocycles. The number of hydrogen-bond donors (Lipinski definition) is 1. The molecule has 1 unspecified atom stereocenters. The molecule has 0 bridgehead atoms. The van der Waals surface area contributed by atoms with E-state index in [1.807, 2.05) is 0 Å². The number of aromatic nitrogens is 2. The van der Waals surface area contributed by atoms with E-state index in [-0.39, 0.29) is 11.3 Å². The number of carbonyl (C=O) groups excluding carboxylic acids is 1. The fourth-order valence-corrected chi connectivity index (χ4v) is 2.45. The molecule has 0 spiro atoms. The molecule has 1 N–H and O–H groups in total. The van der Waals surface area contributed by atoms with E-state index in [0.717, 1.165) is 32.2 Å². The van der Waals surface area contributed by atoms with Gasteiger partial charge in [-0.3, -0.25) is 4.79 Å². The third-order valence-electron chi connectivity index (χ3n) is 3.18. The molecule has 1 fully saturated rings. The number of Topliss-reactive ketones (excluding diaryl/α,β-unsaturated/α-hetero) is 1. The van der Waals surface area contributed by atoms with E-state index in [1.165, 1.54) is 6.33 Å². The Morgan fingerprint density at radius 3 is 2.81 bits per heavy atom. The van der Waals surface area contributed by atoms with Gasteiger partial charge < -0.3 is 5.32 Å². The highest BCUT2D eigenvalue weighted by atomic mass is 16.1. The van der Waals surface area contributed by atoms with E-state index in [1.54, 1.807) is 12.4 Å². The minimum absolute atomic E-state index is 0.146. The van der Waals surface area contributed by atoms with Gasteiger partial charge in [0.2, 0.25) is 0 Å². The predicted molar refractivity (Wildman–Crippen MR) is 61.2 cm³/mol. The van der Waals surface area contributed by atoms with Crippen LogP contribution in [0.4, 0.5) is 0 Å². The van der Waals surface area contributed by atoms with Crippen molar-refractivity contribution in [2.75, 3.05) is 6.54 Å². The summed E-state index contributed by atoms with van der Waals surface area (Å²) in [4.78, 5) is 20.2. The molecule has 1 aromatic rings. The molecule has 0 amide bonds. The fraction of sp³-hybridized carbons (Fsp3) is 0.583. The molecule has 1 atom stereocenters. The summed E-state index contributed by atoms with van der Waals surface area (Å²) in [6, 6.07) is 0. The van der Waals surface area contributed by atoms with Gasteiger partial charge in [0.05, 0.1) is 11.1 Å². The van der Waals surface area contributed by atoms with E-state index in [9.17, 15) is 4.79 Å². The van der Waals surface area contributed by atoms with Gasteiger partial charge in [-0.05, 0) is 25.8 Å². The Morgan fingerprint density at radius 1 is 1.50 bits per heavy atom. The predicted octanol–water partition coefficient (Wildman–Crippen LogP) is 1.58. The largest absolute Gasteiger partial charge is 0.305 e. The van der Waals surface area contributed by atoms with E-state index >= 15 is 0 Å². The van der Waals surface area contributed by atoms with Crippen molar-refractivity contribution in [1.82, 2.24) is 15.3 Å². The summed E-state index contributed by atoms with van der Waals surface area (Å²) in [5.41, 5.74) is 0.254. The van der Waals surface area contributed by atoms with Gasteiger partial charge in [0, 0.05) is 12.4 Å². The summed E-state index contributed by atoms with van der Waals surface area (Å²) in [6.45, 7) is 3.04. The van der Waals surface area contributed by atoms with Crippen LogP contribution in [0.5, 0.6) is 0 Å². The second kappa shape index (κ2) is 4.70. The smallest absolute Gasteiger partial charge is 0.185 e. The summed E-state index contributed by atoms with van der Waals surface area (Å²) >= 11 is 0. The van der Waals surface area contributed by atoms with Crippen molar-refractivity contribution in [2.45, 2.75) is 38.1 Å². The lowest BCUT2D eigenvalue weighted by Crippen LogP contribution is -2.47. The normalized spacial score (nSPS) is 24.6. The molecular weight excluding hydrogens is 202 g/mol. The van der Waals surface area contributed by atoms with E-state index < -0.39 is 0 Å². The van der Waals surface area contributed by atoms with E-state index in [0.29, 0.717) is 5.56 Å². The number of rotatable bonds is 4. The summed E-state index contributed by atoms with van der Waals surface area (Å²) in [6.07, 6.45) is 8.55. The van der Waals surface area contributed by atoms with Crippen LogP contribution < -0.4 is 5.32 Å². The van der Waals surface area contributed by atoms with Crippen LogP contribution in [-0.2, 0) is 0 Å². The lowest BCUT2D eigenvalue weighted by atomic mass is 9.85. The van der Waals surface area contributed by atoms with Crippen molar-refractivity contribution >= 4 is 5.78 Å². The maximum Gasteiger partial charge on any atom is 0.185 e. The van der Waals surface area contributed by atoms with Crippen LogP contribution in [0.3, 0.4) is 0 Å². The summed E-state index contributed by atoms with van der Waals surface area (Å²) in [5.74, 6) is 0.146. The quantitative estimate of drug-likeness (QED) is 0.781. The molecular formula is C12H17N3O. The fourth-order valence-electron chi connectivity index (χ4n) is 2.45. The zero-order valence-corrected chi connectivity index (χ0v) is 9.57. The zero-order chi connectivity index (χ0) is 11.4. The van der Waals surface area contributed by atoms with Crippen LogP contribution in [0.1, 0.15) is 43.0 Å². The number of hydrogen-bond acceptors (Lipinski definition) is 4. The van der Waals surface area contributed by atoms with Crippen LogP contribution in [0.25, 0.3) is 0 Å². The van der Waals surface area contributed by atoms with Crippen LogP contribution in [0.15, 0.2) is 18.7 Å². The Morgan fingerprint density at radius 2 is 2.25 bits per heavy atom. The van der Waals surface area contributed by atoms with Crippen LogP contribution in [0.2, 0.25) is 0 Å². The van der Waals surface area contributed by atoms with Gasteiger partial charge in [-0.2, -0.15) is 0 Å². The van der Waals surface area contributed by atoms with Crippen molar-refractivity contribution < 1.29 is 4.79 Å². The Balaban J connectivity index is 2.24. The van der Waals surface area contributed by atoms with Crippen molar-refractivity contribution in [3.8, 4) is 0 Å². The number of nitrogens with one attached hydrogen (secondary N) is 1. The second-order valence-corrected chi connectivity index (χ2v) is 4.32. The molecule has 4 heteroatoms. The molecule has 0 aromatic carbocycles. The highest BCUT2D eigenvalue weighted by molar-refractivity contribution is 6.03. The Hall–Kier alpha value is -1.29. The standard InChI is InChI=1S/C12H17N3O/c1-2-4-12(5-3-6-15-12)11(16)10-7-13-9-14-8-10/h7-9,15H,2-6H2,1H3. The van der Waals surface area contributed by atoms with Gasteiger partial charge in [-0.15, -0.1) is 0 Å². The zero-order valence-electron chi connectivity index (χ0n) is 9.57. The molecule has 1 aliphatic rings. The molecule has 0 aliphatic carbocycles. The van der Waals surface area contributed by atoms with E-state index in [4.69, 9.17) is 0 Å². The van der Waals surface area contributed by atoms with Gasteiger partial charge in [0.15, 0.2) is 5.78 Å². The first-order chi connectivity index (χ1) is 7.78. The first-order valence-electron chi connectivity index (χ1n) is 5.83. The minimum atomic E-state index is -0.362. The van der Waals surface area contributed by atoms with E-state index in [2.05, 4.69) is 22.2 Å². The average molecular weight is 219 g/mol. The van der Waals surface area contributed by atoms with Gasteiger partial charge in [0.25, 0.3) is 0 Å². The summed E-state index contributed by atoms with van der Waals surface area (Å²) in [5, 5.41) is 3.36. The Labute approximate surface area is 95.5 Å². The van der Waals surface area contributed by atoms with Gasteiger partial charge in [-0.25, -0.2) is 9.97 Å². The SMILES string of the molecule is CCCC1(C(=O)c2cncnc2)CCCN1. The van der Waals surface area contributed by atoms with Gasteiger partial charge >= 0.3 is 0 Å². The average Bonchev–Trinajstić information content (AvgIpc) is 2.80. The molecule has 4 nitrogen and oxygen atoms in total. The third kappa shape index (κ3) is 1.97. The minimum Gasteiger partial charge on any atom is -0.305 e. The lowest BCUT2D eigenvalue weighted by Gasteiger charge is -2.27. The number of nitrogens with zero attached hydrogens (tertiary/aromatic N) is 2. The monoisotopic (exact) mass is 219 g/mol. The molecule has 0 radical (unpaired) electrons. The molecule has 1 aromatic heterocycles. The molecule has 0 saturated carbocycles. The second-order valence-electron chi connectivity index (χ2n) is 4.32. The van der Waals surface area contributed by atoms with Crippen LogP contribution in [0, 0.1) is 0 Å². The first-order valence-corrected chi connectivity index (χ1v) is 5.83. The lowest BCUT2D eigenvalue weighted by molar-refractivity contribution is 0.0857. The molecule has 2 rings (SSSR count). The molecule has 86 valence electrons. The van der Waals surface area contributed by atoms with Crippen molar-refractivity contribution in [3.05, 3.63) is 24.3 Å².